The number of amides is 1. The van der Waals surface area contributed by atoms with Crippen LogP contribution in [0, 0.1) is 0 Å². The summed E-state index contributed by atoms with van der Waals surface area (Å²) in [5, 5.41) is 3.20. The fraction of sp³-hybridized carbons (Fsp3) is 0.909. The smallest absolute Gasteiger partial charge is 0.253 e. The Morgan fingerprint density at radius 2 is 2.33 bits per heavy atom. The molecule has 4 nitrogen and oxygen atoms in total. The Balaban J connectivity index is 1.90. The minimum absolute atomic E-state index is 0.187. The molecule has 0 radical (unpaired) electrons. The zero-order valence-corrected chi connectivity index (χ0v) is 9.37. The van der Waals surface area contributed by atoms with E-state index in [1.54, 1.807) is 0 Å². The van der Waals surface area contributed by atoms with Gasteiger partial charge in [-0.15, -0.1) is 0 Å². The van der Waals surface area contributed by atoms with Crippen LogP contribution in [0.4, 0.5) is 0 Å². The molecule has 1 aliphatic heterocycles. The lowest BCUT2D eigenvalue weighted by Gasteiger charge is -2.29. The van der Waals surface area contributed by atoms with E-state index in [4.69, 9.17) is 4.74 Å². The highest BCUT2D eigenvalue weighted by Gasteiger charge is 2.36. The second-order valence-electron chi connectivity index (χ2n) is 4.33. The second kappa shape index (κ2) is 4.94. The molecule has 1 aliphatic carbocycles. The fourth-order valence-electron chi connectivity index (χ4n) is 2.01. The third kappa shape index (κ3) is 2.69. The summed E-state index contributed by atoms with van der Waals surface area (Å²) >= 11 is 0. The van der Waals surface area contributed by atoms with Gasteiger partial charge in [-0.2, -0.15) is 0 Å². The van der Waals surface area contributed by atoms with Crippen molar-refractivity contribution < 1.29 is 9.53 Å². The van der Waals surface area contributed by atoms with Gasteiger partial charge in [0.25, 0.3) is 5.91 Å². The highest BCUT2D eigenvalue weighted by molar-refractivity contribution is 5.82. The summed E-state index contributed by atoms with van der Waals surface area (Å²) in [5.41, 5.74) is 0. The van der Waals surface area contributed by atoms with Crippen molar-refractivity contribution in [3.63, 3.8) is 0 Å². The molecule has 1 amide bonds. The van der Waals surface area contributed by atoms with Gasteiger partial charge in [0.1, 0.15) is 6.10 Å². The first kappa shape index (κ1) is 10.9. The van der Waals surface area contributed by atoms with Crippen molar-refractivity contribution in [1.29, 1.82) is 0 Å². The van der Waals surface area contributed by atoms with Crippen LogP contribution in [0.25, 0.3) is 0 Å². The number of hydrogen-bond acceptors (Lipinski definition) is 3. The average molecular weight is 212 g/mol. The molecule has 0 bridgehead atoms. The van der Waals surface area contributed by atoms with Crippen molar-refractivity contribution in [3.05, 3.63) is 0 Å². The van der Waals surface area contributed by atoms with Crippen molar-refractivity contribution in [3.8, 4) is 0 Å². The maximum absolute atomic E-state index is 12.1. The molecular weight excluding hydrogens is 192 g/mol. The molecule has 0 spiro atoms. The number of hydrogen-bond donors (Lipinski definition) is 1. The van der Waals surface area contributed by atoms with Gasteiger partial charge in [-0.1, -0.05) is 6.92 Å². The van der Waals surface area contributed by atoms with Crippen LogP contribution in [0.2, 0.25) is 0 Å². The Bertz CT molecular complexity index is 223. The summed E-state index contributed by atoms with van der Waals surface area (Å²) in [6.07, 6.45) is 3.13. The molecular formula is C11H20N2O2. The van der Waals surface area contributed by atoms with E-state index >= 15 is 0 Å². The average Bonchev–Trinajstić information content (AvgIpc) is 3.10. The van der Waals surface area contributed by atoms with Gasteiger partial charge in [0, 0.05) is 25.7 Å². The molecule has 15 heavy (non-hydrogen) atoms. The van der Waals surface area contributed by atoms with Crippen LogP contribution in [0.1, 0.15) is 26.2 Å². The summed E-state index contributed by atoms with van der Waals surface area (Å²) in [4.78, 5) is 14.1. The number of ether oxygens (including phenoxy) is 1. The SMILES string of the molecule is CCCN(C(=O)C1CNCCO1)C1CC1. The highest BCUT2D eigenvalue weighted by atomic mass is 16.5. The molecule has 1 heterocycles. The summed E-state index contributed by atoms with van der Waals surface area (Å²) in [7, 11) is 0. The first-order valence-electron chi connectivity index (χ1n) is 5.95. The van der Waals surface area contributed by atoms with E-state index < -0.39 is 0 Å². The normalized spacial score (nSPS) is 26.3. The molecule has 1 atom stereocenters. The topological polar surface area (TPSA) is 41.6 Å². The van der Waals surface area contributed by atoms with Gasteiger partial charge in [-0.3, -0.25) is 4.79 Å². The highest BCUT2D eigenvalue weighted by Crippen LogP contribution is 2.27. The van der Waals surface area contributed by atoms with Crippen LogP contribution in [-0.2, 0) is 9.53 Å². The molecule has 1 unspecified atom stereocenters. The van der Waals surface area contributed by atoms with Gasteiger partial charge in [0.05, 0.1) is 6.61 Å². The Morgan fingerprint density at radius 1 is 1.53 bits per heavy atom. The molecule has 2 rings (SSSR count). The molecule has 86 valence electrons. The van der Waals surface area contributed by atoms with E-state index in [9.17, 15) is 4.79 Å². The number of carbonyl (C=O) groups is 1. The molecule has 0 aromatic rings. The number of nitrogens with one attached hydrogen (secondary N) is 1. The van der Waals surface area contributed by atoms with Crippen LogP contribution < -0.4 is 5.32 Å². The minimum Gasteiger partial charge on any atom is -0.366 e. The first-order valence-corrected chi connectivity index (χ1v) is 5.95. The van der Waals surface area contributed by atoms with Gasteiger partial charge in [-0.25, -0.2) is 0 Å². The summed E-state index contributed by atoms with van der Waals surface area (Å²) in [6, 6.07) is 0.503. The van der Waals surface area contributed by atoms with Crippen molar-refractivity contribution >= 4 is 5.91 Å². The molecule has 4 heteroatoms. The third-order valence-corrected chi connectivity index (χ3v) is 2.94. The van der Waals surface area contributed by atoms with E-state index in [1.807, 2.05) is 4.90 Å². The van der Waals surface area contributed by atoms with Crippen LogP contribution in [0.3, 0.4) is 0 Å². The van der Waals surface area contributed by atoms with Crippen molar-refractivity contribution in [2.45, 2.75) is 38.3 Å². The van der Waals surface area contributed by atoms with Crippen LogP contribution >= 0.6 is 0 Å². The lowest BCUT2D eigenvalue weighted by atomic mass is 10.2. The number of morpholine rings is 1. The Labute approximate surface area is 91.0 Å². The summed E-state index contributed by atoms with van der Waals surface area (Å²) < 4.78 is 5.49. The summed E-state index contributed by atoms with van der Waals surface area (Å²) in [6.45, 7) is 5.18. The number of rotatable bonds is 4. The second-order valence-corrected chi connectivity index (χ2v) is 4.33. The Morgan fingerprint density at radius 3 is 2.87 bits per heavy atom. The van der Waals surface area contributed by atoms with Gasteiger partial charge in [-0.05, 0) is 19.3 Å². The van der Waals surface area contributed by atoms with E-state index in [-0.39, 0.29) is 12.0 Å². The number of nitrogens with zero attached hydrogens (tertiary/aromatic N) is 1. The summed E-state index contributed by atoms with van der Waals surface area (Å²) in [5.74, 6) is 0.187. The van der Waals surface area contributed by atoms with Crippen molar-refractivity contribution in [2.24, 2.45) is 0 Å². The monoisotopic (exact) mass is 212 g/mol. The molecule has 1 saturated heterocycles. The van der Waals surface area contributed by atoms with Crippen molar-refractivity contribution in [2.75, 3.05) is 26.2 Å². The minimum atomic E-state index is -0.245. The van der Waals surface area contributed by atoms with E-state index in [1.165, 1.54) is 12.8 Å². The van der Waals surface area contributed by atoms with Gasteiger partial charge < -0.3 is 15.0 Å². The van der Waals surface area contributed by atoms with Crippen LogP contribution in [0.5, 0.6) is 0 Å². The van der Waals surface area contributed by atoms with Crippen molar-refractivity contribution in [1.82, 2.24) is 10.2 Å². The Hall–Kier alpha value is -0.610. The van der Waals surface area contributed by atoms with Crippen LogP contribution in [-0.4, -0.2) is 49.2 Å². The standard InChI is InChI=1S/C11H20N2O2/c1-2-6-13(9-3-4-9)11(14)10-8-12-5-7-15-10/h9-10,12H,2-8H2,1H3. The third-order valence-electron chi connectivity index (χ3n) is 2.94. The fourth-order valence-corrected chi connectivity index (χ4v) is 2.01. The van der Waals surface area contributed by atoms with Gasteiger partial charge in [0.15, 0.2) is 0 Å². The maximum Gasteiger partial charge on any atom is 0.253 e. The van der Waals surface area contributed by atoms with E-state index in [2.05, 4.69) is 12.2 Å². The quantitative estimate of drug-likeness (QED) is 0.732. The molecule has 2 aliphatic rings. The number of carbonyl (C=O) groups excluding carboxylic acids is 1. The van der Waals surface area contributed by atoms with E-state index in [0.717, 1.165) is 19.5 Å². The molecule has 0 aromatic heterocycles. The molecule has 1 saturated carbocycles. The zero-order valence-electron chi connectivity index (χ0n) is 9.37. The van der Waals surface area contributed by atoms with Crippen LogP contribution in [0.15, 0.2) is 0 Å². The van der Waals surface area contributed by atoms with Gasteiger partial charge >= 0.3 is 0 Å². The predicted octanol–water partition coefficient (Wildman–Crippen LogP) is 0.376. The largest absolute Gasteiger partial charge is 0.366 e. The lowest BCUT2D eigenvalue weighted by Crippen LogP contribution is -2.50. The lowest BCUT2D eigenvalue weighted by molar-refractivity contribution is -0.145. The first-order chi connectivity index (χ1) is 7.33. The van der Waals surface area contributed by atoms with E-state index in [0.29, 0.717) is 19.2 Å². The molecule has 2 fully saturated rings. The predicted molar refractivity (Wildman–Crippen MR) is 57.6 cm³/mol. The molecule has 1 N–H and O–H groups in total. The maximum atomic E-state index is 12.1. The molecule has 0 aromatic carbocycles. The Kier molecular flexibility index (Phi) is 3.59. The van der Waals surface area contributed by atoms with Gasteiger partial charge in [0.2, 0.25) is 0 Å². The zero-order chi connectivity index (χ0) is 10.7.